The predicted octanol–water partition coefficient (Wildman–Crippen LogP) is 4.12. The molecule has 2 aromatic heterocycles. The minimum absolute atomic E-state index is 0.00880. The van der Waals surface area contributed by atoms with E-state index in [-0.39, 0.29) is 6.54 Å². The summed E-state index contributed by atoms with van der Waals surface area (Å²) in [6.45, 7) is 2.34. The molecule has 2 heterocycles. The number of sulfonamides is 1. The van der Waals surface area contributed by atoms with Crippen LogP contribution in [0.5, 0.6) is 11.5 Å². The van der Waals surface area contributed by atoms with Crippen LogP contribution in [0.2, 0.25) is 0 Å². The highest BCUT2D eigenvalue weighted by molar-refractivity contribution is 7.88. The Morgan fingerprint density at radius 3 is 2.51 bits per heavy atom. The lowest BCUT2D eigenvalue weighted by molar-refractivity contribution is 0.391. The van der Waals surface area contributed by atoms with Gasteiger partial charge < -0.3 is 24.3 Å². The monoisotopic (exact) mass is 556 g/mol. The Hall–Kier alpha value is -3.90. The van der Waals surface area contributed by atoms with Crippen LogP contribution >= 0.6 is 0 Å². The maximum atomic E-state index is 15.5. The number of nitrogens with one attached hydrogen (secondary N) is 2. The topological polar surface area (TPSA) is 111 Å². The number of hydrogen-bond donors (Lipinski definition) is 2. The van der Waals surface area contributed by atoms with Crippen molar-refractivity contribution >= 4 is 38.4 Å². The summed E-state index contributed by atoms with van der Waals surface area (Å²) in [5.41, 5.74) is 4.05. The summed E-state index contributed by atoms with van der Waals surface area (Å²) in [6, 6.07) is 10.6. The van der Waals surface area contributed by atoms with Gasteiger partial charge in [0.25, 0.3) is 0 Å². The summed E-state index contributed by atoms with van der Waals surface area (Å²) >= 11 is 0. The molecule has 0 unspecified atom stereocenters. The fourth-order valence-corrected chi connectivity index (χ4v) is 4.81. The minimum atomic E-state index is -3.40. The van der Waals surface area contributed by atoms with E-state index in [9.17, 15) is 8.42 Å². The molecule has 39 heavy (non-hydrogen) atoms. The van der Waals surface area contributed by atoms with Crippen LogP contribution in [0.15, 0.2) is 42.7 Å². The Morgan fingerprint density at radius 1 is 1.08 bits per heavy atom. The van der Waals surface area contributed by atoms with E-state index in [2.05, 4.69) is 15.0 Å². The van der Waals surface area contributed by atoms with Crippen LogP contribution in [0, 0.1) is 5.82 Å². The number of ether oxygens (including phenoxy) is 2. The van der Waals surface area contributed by atoms with Crippen molar-refractivity contribution in [2.24, 2.45) is 7.05 Å². The average molecular weight is 557 g/mol. The second-order valence-corrected chi connectivity index (χ2v) is 11.0. The van der Waals surface area contributed by atoms with Gasteiger partial charge in [-0.2, -0.15) is 0 Å². The molecule has 0 amide bonds. The number of nitrogens with zero attached hydrogens (tertiary/aromatic N) is 4. The molecule has 10 nitrogen and oxygen atoms in total. The molecule has 0 aliphatic carbocycles. The van der Waals surface area contributed by atoms with Crippen LogP contribution in [0.1, 0.15) is 23.6 Å². The largest absolute Gasteiger partial charge is 0.497 e. The number of pyridine rings is 1. The third-order valence-corrected chi connectivity index (χ3v) is 7.11. The van der Waals surface area contributed by atoms with Crippen LogP contribution in [0.4, 0.5) is 21.7 Å². The molecular formula is C27H33FN6O4S. The van der Waals surface area contributed by atoms with Gasteiger partial charge in [-0.05, 0) is 35.7 Å². The SMILES string of the molecule is CCc1cc(CNS(C)(=O)=O)cc(F)c1N(C)c1cc2c(ncn2C)c(NCc2ccc(OC)cc2OC)n1. The number of methoxy groups -OCH3 is 2. The summed E-state index contributed by atoms with van der Waals surface area (Å²) in [7, 11) is 3.44. The number of halogens is 1. The molecule has 0 aliphatic heterocycles. The lowest BCUT2D eigenvalue weighted by Gasteiger charge is -2.24. The molecule has 0 bridgehead atoms. The van der Waals surface area contributed by atoms with E-state index in [1.165, 1.54) is 6.07 Å². The number of benzene rings is 2. The first kappa shape index (κ1) is 28.1. The van der Waals surface area contributed by atoms with Crippen molar-refractivity contribution in [2.75, 3.05) is 37.7 Å². The zero-order chi connectivity index (χ0) is 28.3. The van der Waals surface area contributed by atoms with Crippen LogP contribution in [-0.4, -0.2) is 50.5 Å². The molecule has 0 saturated heterocycles. The molecule has 2 N–H and O–H groups in total. The highest BCUT2D eigenvalue weighted by atomic mass is 32.2. The summed E-state index contributed by atoms with van der Waals surface area (Å²) in [6.07, 6.45) is 3.32. The number of anilines is 3. The van der Waals surface area contributed by atoms with Crippen LogP contribution in [-0.2, 0) is 36.6 Å². The number of rotatable bonds is 11. The van der Waals surface area contributed by atoms with E-state index in [0.717, 1.165) is 22.9 Å². The van der Waals surface area contributed by atoms with Crippen molar-refractivity contribution in [3.05, 3.63) is 65.2 Å². The fourth-order valence-electron chi connectivity index (χ4n) is 4.38. The number of aryl methyl sites for hydroxylation is 2. The highest BCUT2D eigenvalue weighted by Gasteiger charge is 2.20. The van der Waals surface area contributed by atoms with E-state index in [1.807, 2.05) is 48.9 Å². The van der Waals surface area contributed by atoms with Gasteiger partial charge in [-0.1, -0.05) is 13.0 Å². The first-order valence-corrected chi connectivity index (χ1v) is 14.2. The Morgan fingerprint density at radius 2 is 1.85 bits per heavy atom. The van der Waals surface area contributed by atoms with E-state index in [4.69, 9.17) is 14.5 Å². The Balaban J connectivity index is 1.70. The van der Waals surface area contributed by atoms with Gasteiger partial charge in [0.2, 0.25) is 10.0 Å². The molecule has 0 radical (unpaired) electrons. The maximum Gasteiger partial charge on any atom is 0.209 e. The first-order chi connectivity index (χ1) is 18.5. The minimum Gasteiger partial charge on any atom is -0.497 e. The van der Waals surface area contributed by atoms with Gasteiger partial charge in [0.1, 0.15) is 28.7 Å². The molecule has 0 fully saturated rings. The third kappa shape index (κ3) is 6.23. The highest BCUT2D eigenvalue weighted by Crippen LogP contribution is 2.34. The Labute approximate surface area is 227 Å². The number of hydrogen-bond acceptors (Lipinski definition) is 8. The maximum absolute atomic E-state index is 15.5. The normalized spacial score (nSPS) is 11.6. The molecule has 0 aliphatic rings. The molecule has 12 heteroatoms. The van der Waals surface area contributed by atoms with Crippen molar-refractivity contribution in [2.45, 2.75) is 26.4 Å². The van der Waals surface area contributed by atoms with Crippen molar-refractivity contribution in [1.29, 1.82) is 0 Å². The van der Waals surface area contributed by atoms with Gasteiger partial charge in [0.15, 0.2) is 5.82 Å². The van der Waals surface area contributed by atoms with Crippen molar-refractivity contribution in [3.8, 4) is 11.5 Å². The van der Waals surface area contributed by atoms with Gasteiger partial charge >= 0.3 is 0 Å². The van der Waals surface area contributed by atoms with E-state index >= 15 is 4.39 Å². The quantitative estimate of drug-likeness (QED) is 0.284. The van der Waals surface area contributed by atoms with Crippen molar-refractivity contribution in [3.63, 3.8) is 0 Å². The van der Waals surface area contributed by atoms with Gasteiger partial charge in [-0.3, -0.25) is 0 Å². The Bertz CT molecular complexity index is 1610. The van der Waals surface area contributed by atoms with E-state index < -0.39 is 15.8 Å². The smallest absolute Gasteiger partial charge is 0.209 e. The number of fused-ring (bicyclic) bond motifs is 1. The van der Waals surface area contributed by atoms with Gasteiger partial charge in [0, 0.05) is 44.9 Å². The van der Waals surface area contributed by atoms with E-state index in [0.29, 0.717) is 52.9 Å². The molecule has 0 saturated carbocycles. The summed E-state index contributed by atoms with van der Waals surface area (Å²) < 4.78 is 53.6. The summed E-state index contributed by atoms with van der Waals surface area (Å²) in [4.78, 5) is 11.0. The summed E-state index contributed by atoms with van der Waals surface area (Å²) in [5, 5.41) is 3.37. The molecule has 4 rings (SSSR count). The standard InChI is InChI=1S/C27H33FN6O4S/c1-7-18-10-17(14-31-39(6,35)36)11-21(28)26(18)34(3)24-13-22-25(30-16-33(22)2)27(32-24)29-15-19-8-9-20(37-4)12-23(19)38-5/h8-13,16,31H,7,14-15H2,1-6H3,(H,29,32). The van der Waals surface area contributed by atoms with Crippen molar-refractivity contribution < 1.29 is 22.3 Å². The second kappa shape index (κ2) is 11.5. The van der Waals surface area contributed by atoms with E-state index in [1.54, 1.807) is 32.5 Å². The Kier molecular flexibility index (Phi) is 8.26. The molecule has 208 valence electrons. The molecular weight excluding hydrogens is 523 g/mol. The lowest BCUT2D eigenvalue weighted by atomic mass is 10.0. The van der Waals surface area contributed by atoms with Crippen molar-refractivity contribution in [1.82, 2.24) is 19.3 Å². The average Bonchev–Trinajstić information content (AvgIpc) is 3.29. The zero-order valence-corrected chi connectivity index (χ0v) is 23.7. The lowest BCUT2D eigenvalue weighted by Crippen LogP contribution is -2.22. The van der Waals surface area contributed by atoms with Crippen LogP contribution in [0.25, 0.3) is 11.0 Å². The number of imidazole rings is 1. The first-order valence-electron chi connectivity index (χ1n) is 12.3. The zero-order valence-electron chi connectivity index (χ0n) is 22.9. The molecule has 0 spiro atoms. The molecule has 4 aromatic rings. The summed E-state index contributed by atoms with van der Waals surface area (Å²) in [5.74, 6) is 1.96. The van der Waals surface area contributed by atoms with Crippen LogP contribution < -0.4 is 24.4 Å². The molecule has 0 atom stereocenters. The van der Waals surface area contributed by atoms with Crippen LogP contribution in [0.3, 0.4) is 0 Å². The predicted molar refractivity (Wildman–Crippen MR) is 151 cm³/mol. The fraction of sp³-hybridized carbons (Fsp3) is 0.333. The number of aromatic nitrogens is 3. The third-order valence-electron chi connectivity index (χ3n) is 6.44. The van der Waals surface area contributed by atoms with Gasteiger partial charge in [-0.15, -0.1) is 0 Å². The van der Waals surface area contributed by atoms with Gasteiger partial charge in [0.05, 0.1) is 38.0 Å². The second-order valence-electron chi connectivity index (χ2n) is 9.17. The van der Waals surface area contributed by atoms with Gasteiger partial charge in [-0.25, -0.2) is 27.5 Å². The molecule has 2 aromatic carbocycles.